The fraction of sp³-hybridized carbons (Fsp3) is 0.609. The molecule has 4 rings (SSSR count). The third-order valence-corrected chi connectivity index (χ3v) is 16.2. The SMILES string of the molecule is CCCCCCCCCCCCCCCC(=O)N[C@@H](C)CN(CC(=O)N[C@@H](CCCCN)CN(CC(=O)N[C@@H](Cc1ccccc1)CN(CC(=O)N[C@@H](Cc1ccccc1)CN(CC(N)=O)C(=O)CCc1c[nH]cn1)C(=O)CCc1c[nH]cn1)C(=O)CCCN)C(C)=O. The van der Waals surface area contributed by atoms with Crippen molar-refractivity contribution in [3.63, 3.8) is 0 Å². The Morgan fingerprint density at radius 2 is 0.882 bits per heavy atom. The minimum absolute atomic E-state index is 0.0138. The molecule has 9 amide bonds. The van der Waals surface area contributed by atoms with Gasteiger partial charge in [-0.1, -0.05) is 151 Å². The number of rotatable bonds is 51. The lowest BCUT2D eigenvalue weighted by Gasteiger charge is -2.32. The molecule has 4 atom stereocenters. The first-order valence-corrected chi connectivity index (χ1v) is 33.9. The van der Waals surface area contributed by atoms with Gasteiger partial charge in [-0.25, -0.2) is 9.97 Å². The molecule has 2 aromatic carbocycles. The van der Waals surface area contributed by atoms with Gasteiger partial charge in [0.1, 0.15) is 0 Å². The highest BCUT2D eigenvalue weighted by Crippen LogP contribution is 2.16. The number of primary amides is 1. The molecule has 0 saturated heterocycles. The largest absolute Gasteiger partial charge is 0.368 e. The zero-order chi connectivity index (χ0) is 67.4. The number of nitrogens with two attached hydrogens (primary N) is 3. The molecule has 0 aliphatic carbocycles. The maximum absolute atomic E-state index is 14.6. The molecule has 2 heterocycles. The minimum Gasteiger partial charge on any atom is -0.368 e. The second kappa shape index (κ2) is 46.1. The van der Waals surface area contributed by atoms with E-state index >= 15 is 0 Å². The van der Waals surface area contributed by atoms with Crippen molar-refractivity contribution in [1.29, 1.82) is 0 Å². The highest BCUT2D eigenvalue weighted by Gasteiger charge is 2.30. The van der Waals surface area contributed by atoms with Gasteiger partial charge >= 0.3 is 0 Å². The molecule has 24 nitrogen and oxygen atoms in total. The van der Waals surface area contributed by atoms with Gasteiger partial charge in [-0.05, 0) is 82.5 Å². The number of H-pyrrole nitrogens is 2. The molecule has 4 aromatic rings. The summed E-state index contributed by atoms with van der Waals surface area (Å²) in [6.07, 6.45) is 25.3. The van der Waals surface area contributed by atoms with Crippen molar-refractivity contribution in [2.45, 2.75) is 205 Å². The second-order valence-electron chi connectivity index (χ2n) is 24.6. The van der Waals surface area contributed by atoms with Crippen molar-refractivity contribution in [3.8, 4) is 0 Å². The molecule has 514 valence electrons. The number of hydrogen-bond donors (Lipinski definition) is 9. The summed E-state index contributed by atoms with van der Waals surface area (Å²) in [7, 11) is 0. The number of hydrogen-bond acceptors (Lipinski definition) is 13. The fourth-order valence-electron chi connectivity index (χ4n) is 11.3. The third kappa shape index (κ3) is 34.5. The maximum Gasteiger partial charge on any atom is 0.239 e. The van der Waals surface area contributed by atoms with Gasteiger partial charge in [0.05, 0.1) is 62.3 Å². The van der Waals surface area contributed by atoms with Crippen molar-refractivity contribution in [2.75, 3.05) is 65.4 Å². The molecule has 0 radical (unpaired) electrons. The van der Waals surface area contributed by atoms with Crippen LogP contribution < -0.4 is 38.5 Å². The Kier molecular flexibility index (Phi) is 38.4. The molecule has 24 heteroatoms. The van der Waals surface area contributed by atoms with Crippen molar-refractivity contribution in [2.24, 2.45) is 17.2 Å². The van der Waals surface area contributed by atoms with Gasteiger partial charge in [-0.3, -0.25) is 43.2 Å². The van der Waals surface area contributed by atoms with E-state index in [0.717, 1.165) is 30.4 Å². The molecule has 0 unspecified atom stereocenters. The van der Waals surface area contributed by atoms with Gasteiger partial charge in [-0.2, -0.15) is 0 Å². The number of carbonyl (C=O) groups is 9. The van der Waals surface area contributed by atoms with Crippen LogP contribution in [0.1, 0.15) is 178 Å². The Balaban J connectivity index is 1.49. The van der Waals surface area contributed by atoms with Crippen LogP contribution >= 0.6 is 0 Å². The van der Waals surface area contributed by atoms with Crippen LogP contribution in [-0.4, -0.2) is 182 Å². The maximum atomic E-state index is 14.6. The average Bonchev–Trinajstić information content (AvgIpc) is 2.65. The second-order valence-corrected chi connectivity index (χ2v) is 24.6. The lowest BCUT2D eigenvalue weighted by atomic mass is 10.0. The van der Waals surface area contributed by atoms with Crippen molar-refractivity contribution >= 4 is 53.2 Å². The van der Waals surface area contributed by atoms with Crippen LogP contribution in [0, 0.1) is 0 Å². The number of carbonyl (C=O) groups excluding carboxylic acids is 9. The van der Waals surface area contributed by atoms with Crippen LogP contribution in [0.25, 0.3) is 0 Å². The molecule has 0 aliphatic heterocycles. The summed E-state index contributed by atoms with van der Waals surface area (Å²) >= 11 is 0. The topological polar surface area (TPSA) is 350 Å². The van der Waals surface area contributed by atoms with Gasteiger partial charge in [0.25, 0.3) is 0 Å². The van der Waals surface area contributed by atoms with Crippen molar-refractivity contribution < 1.29 is 43.2 Å². The van der Waals surface area contributed by atoms with E-state index in [2.05, 4.69) is 48.1 Å². The first kappa shape index (κ1) is 77.5. The Hall–Kier alpha value is -7.99. The number of unbranched alkanes of at least 4 members (excludes halogenated alkanes) is 13. The molecule has 0 fully saturated rings. The van der Waals surface area contributed by atoms with E-state index in [-0.39, 0.29) is 101 Å². The van der Waals surface area contributed by atoms with Gasteiger partial charge in [0.2, 0.25) is 53.2 Å². The zero-order valence-corrected chi connectivity index (χ0v) is 55.7. The van der Waals surface area contributed by atoms with E-state index in [4.69, 9.17) is 17.2 Å². The van der Waals surface area contributed by atoms with Gasteiger partial charge in [0.15, 0.2) is 0 Å². The van der Waals surface area contributed by atoms with Crippen LogP contribution in [0.3, 0.4) is 0 Å². The van der Waals surface area contributed by atoms with E-state index in [1.807, 2.05) is 60.7 Å². The van der Waals surface area contributed by atoms with E-state index < -0.39 is 73.3 Å². The number of nitrogens with zero attached hydrogens (tertiary/aromatic N) is 6. The van der Waals surface area contributed by atoms with Crippen LogP contribution in [0.2, 0.25) is 0 Å². The third-order valence-electron chi connectivity index (χ3n) is 16.2. The lowest BCUT2D eigenvalue weighted by Crippen LogP contribution is -2.55. The van der Waals surface area contributed by atoms with Crippen molar-refractivity contribution in [1.82, 2.24) is 60.8 Å². The summed E-state index contributed by atoms with van der Waals surface area (Å²) in [5.74, 6) is -4.00. The highest BCUT2D eigenvalue weighted by atomic mass is 16.2. The molecule has 2 aromatic heterocycles. The molecule has 12 N–H and O–H groups in total. The number of benzene rings is 2. The van der Waals surface area contributed by atoms with E-state index in [1.54, 1.807) is 19.3 Å². The Labute approximate surface area is 551 Å². The summed E-state index contributed by atoms with van der Waals surface area (Å²) in [4.78, 5) is 144. The van der Waals surface area contributed by atoms with Crippen LogP contribution in [0.15, 0.2) is 85.7 Å². The van der Waals surface area contributed by atoms with Gasteiger partial charge in [0, 0.05) is 83.3 Å². The molecule has 0 spiro atoms. The Bertz CT molecular complexity index is 2770. The standard InChI is InChI=1S/C69H109N15O9/c1-4-5-6-7-8-9-10-11-12-13-14-15-22-31-63(87)77-53(2)43-81(54(3)85)48-64(88)78-59(30-23-24-37-70)44-83(67(91)32-25-38-71)49-65(89)80-61(40-56-28-20-17-21-29-56)46-84(69(93)36-34-58-42-74-52-76-58)50-66(90)79-60(39-55-26-18-16-19-27-55)45-82(47-62(72)86)68(92)35-33-57-41-73-51-75-57/h16-21,26-29,41-42,51-53,59-61H,4-15,22-25,30-40,43-50,70-71H2,1-3H3,(H2,72,86)(H,73,75)(H,74,76)(H,77,87)(H,78,88)(H,79,90)(H,80,89)/t53-,59-,60-,61-/m0/s1. The highest BCUT2D eigenvalue weighted by molar-refractivity contribution is 5.88. The zero-order valence-electron chi connectivity index (χ0n) is 55.7. The smallest absolute Gasteiger partial charge is 0.239 e. The summed E-state index contributed by atoms with van der Waals surface area (Å²) < 4.78 is 0. The number of nitrogens with one attached hydrogen (secondary N) is 6. The summed E-state index contributed by atoms with van der Waals surface area (Å²) in [6.45, 7) is 4.17. The average molecular weight is 1290 g/mol. The number of amides is 9. The summed E-state index contributed by atoms with van der Waals surface area (Å²) in [5, 5.41) is 12.1. The Morgan fingerprint density at radius 1 is 0.462 bits per heavy atom. The first-order chi connectivity index (χ1) is 44.9. The van der Waals surface area contributed by atoms with Gasteiger partial charge < -0.3 is 68.0 Å². The quantitative estimate of drug-likeness (QED) is 0.0253. The number of imidazole rings is 2. The van der Waals surface area contributed by atoms with Crippen LogP contribution in [0.5, 0.6) is 0 Å². The molecular formula is C69H109N15O9. The predicted octanol–water partition coefficient (Wildman–Crippen LogP) is 5.31. The predicted molar refractivity (Wildman–Crippen MR) is 360 cm³/mol. The Morgan fingerprint density at radius 3 is 1.31 bits per heavy atom. The van der Waals surface area contributed by atoms with E-state index in [9.17, 15) is 43.2 Å². The molecule has 0 saturated carbocycles. The van der Waals surface area contributed by atoms with Crippen molar-refractivity contribution in [3.05, 3.63) is 108 Å². The lowest BCUT2D eigenvalue weighted by molar-refractivity contribution is -0.138. The fourth-order valence-corrected chi connectivity index (χ4v) is 11.3. The monoisotopic (exact) mass is 1290 g/mol. The number of aryl methyl sites for hydroxylation is 2. The minimum atomic E-state index is -0.814. The first-order valence-electron chi connectivity index (χ1n) is 33.9. The normalized spacial score (nSPS) is 12.4. The molecule has 0 bridgehead atoms. The summed E-state index contributed by atoms with van der Waals surface area (Å²) in [5.41, 5.74) is 20.4. The van der Waals surface area contributed by atoms with E-state index in [1.165, 1.54) is 103 Å². The van der Waals surface area contributed by atoms with E-state index in [0.29, 0.717) is 56.5 Å². The molecule has 93 heavy (non-hydrogen) atoms. The number of aromatic amines is 2. The number of aromatic nitrogens is 4. The van der Waals surface area contributed by atoms with Gasteiger partial charge in [-0.15, -0.1) is 0 Å². The molecular weight excluding hydrogens is 1180 g/mol. The van der Waals surface area contributed by atoms with Crippen LogP contribution in [-0.2, 0) is 68.8 Å². The summed E-state index contributed by atoms with van der Waals surface area (Å²) in [6, 6.07) is 15.9. The molecule has 0 aliphatic rings. The van der Waals surface area contributed by atoms with Crippen LogP contribution in [0.4, 0.5) is 0 Å².